The van der Waals surface area contributed by atoms with E-state index in [2.05, 4.69) is 30.5 Å². The fourth-order valence-electron chi connectivity index (χ4n) is 3.18. The molecule has 2 aromatic heterocycles. The van der Waals surface area contributed by atoms with Gasteiger partial charge in [-0.2, -0.15) is 10.2 Å². The predicted molar refractivity (Wildman–Crippen MR) is 140 cm³/mol. The monoisotopic (exact) mass is 620 g/mol. The first-order valence-corrected chi connectivity index (χ1v) is 12.0. The molecule has 0 aliphatic heterocycles. The van der Waals surface area contributed by atoms with Crippen molar-refractivity contribution < 1.29 is 44.6 Å². The molecule has 216 valence electrons. The van der Waals surface area contributed by atoms with Crippen molar-refractivity contribution >= 4 is 35.3 Å². The third-order valence-electron chi connectivity index (χ3n) is 4.82. The Labute approximate surface area is 244 Å². The van der Waals surface area contributed by atoms with Crippen molar-refractivity contribution in [1.82, 2.24) is 20.0 Å². The van der Waals surface area contributed by atoms with Crippen molar-refractivity contribution in [3.8, 4) is 5.75 Å². The van der Waals surface area contributed by atoms with Gasteiger partial charge in [0.1, 0.15) is 5.75 Å². The summed E-state index contributed by atoms with van der Waals surface area (Å²) in [5, 5.41) is 18.3. The van der Waals surface area contributed by atoms with Gasteiger partial charge in [0.15, 0.2) is 5.82 Å². The Bertz CT molecular complexity index is 1260. The van der Waals surface area contributed by atoms with Gasteiger partial charge < -0.3 is 39.1 Å². The molecule has 2 amide bonds. The summed E-state index contributed by atoms with van der Waals surface area (Å²) in [5.74, 6) is 3.94. The largest absolute Gasteiger partial charge is 2.00 e. The van der Waals surface area contributed by atoms with Crippen LogP contribution in [0.4, 0.5) is 19.0 Å². The maximum absolute atomic E-state index is 12.3. The molecule has 0 radical (unpaired) electrons. The number of hydrogen-bond donors (Lipinski definition) is 2. The topological polar surface area (TPSA) is 161 Å². The Hall–Kier alpha value is -3.75. The number of nitrogens with zero attached hydrogens (tertiary/aromatic N) is 5. The van der Waals surface area contributed by atoms with Crippen molar-refractivity contribution in [1.29, 1.82) is 0 Å². The average Bonchev–Trinajstić information content (AvgIpc) is 3.25. The fraction of sp³-hybridized carbons (Fsp3) is 0.333. The maximum Gasteiger partial charge on any atom is 2.00 e. The number of aromatic nitrogens is 4. The van der Waals surface area contributed by atoms with E-state index in [0.29, 0.717) is 23.4 Å². The van der Waals surface area contributed by atoms with Crippen LogP contribution in [-0.2, 0) is 65.6 Å². The Morgan fingerprint density at radius 1 is 1.15 bits per heavy atom. The molecule has 4 N–H and O–H groups in total. The third-order valence-corrected chi connectivity index (χ3v) is 5.13. The number of hydrogen-bond acceptors (Lipinski definition) is 9. The van der Waals surface area contributed by atoms with Crippen molar-refractivity contribution in [2.45, 2.75) is 44.9 Å². The summed E-state index contributed by atoms with van der Waals surface area (Å²) >= 11 is 4.90. The second kappa shape index (κ2) is 17.0. The van der Waals surface area contributed by atoms with Crippen LogP contribution in [0.5, 0.6) is 5.75 Å². The number of halogens is 3. The molecule has 1 aromatic carbocycles. The first-order valence-electron chi connectivity index (χ1n) is 11.6. The average molecular weight is 620 g/mol. The number of nitrogens with one attached hydrogen (secondary N) is 2. The Balaban J connectivity index is 0.000000612. The molecular weight excluding hydrogens is 593 g/mol. The molecule has 16 heteroatoms. The zero-order chi connectivity index (χ0) is 28.8. The van der Waals surface area contributed by atoms with E-state index in [1.54, 1.807) is 36.3 Å². The zero-order valence-electron chi connectivity index (χ0n) is 21.3. The summed E-state index contributed by atoms with van der Waals surface area (Å²) in [4.78, 5) is 22.3. The van der Waals surface area contributed by atoms with E-state index in [-0.39, 0.29) is 41.5 Å². The van der Waals surface area contributed by atoms with Gasteiger partial charge in [0.25, 0.3) is 0 Å². The number of carbonyl (C=O) groups excluding carboxylic acids is 2. The van der Waals surface area contributed by atoms with Crippen LogP contribution in [0.25, 0.3) is 5.73 Å². The summed E-state index contributed by atoms with van der Waals surface area (Å²) in [7, 11) is 1.78. The standard InChI is InChI=1S/C18H20F3N5O2S.C6H9N3O.Fe/c19-18(20,21)28-14-6-3-4-12(10-14)11-16(27)23-15-9-8-13(25-26-15)5-1-2-7-17(29)24-22;1-9-4-5(3-8-9)2-6(7)10;/h3-4,6,8-10H,1-2,5,7,11,22H2,(H,24,29)(H,23,26,27);3-4H,2H2,1H3,(H2,7,10);/q;;+2/p-2. The number of anilines is 1. The molecule has 0 aliphatic rings. The van der Waals surface area contributed by atoms with E-state index in [4.69, 9.17) is 24.2 Å². The SMILES string of the molecule is Cn1cc(CC([NH-])=O)cn1.N/N=C(\[S-])CCCCc1ccc(NC(=O)Cc2cccc(OC(F)(F)F)c2)nn1.[Fe+2]. The van der Waals surface area contributed by atoms with Crippen LogP contribution in [0.15, 0.2) is 53.9 Å². The Kier molecular flexibility index (Phi) is 14.6. The number of benzene rings is 1. The first-order chi connectivity index (χ1) is 18.4. The summed E-state index contributed by atoms with van der Waals surface area (Å²) < 4.78 is 42.3. The summed E-state index contributed by atoms with van der Waals surface area (Å²) in [6, 6.07) is 8.59. The molecule has 0 aliphatic carbocycles. The van der Waals surface area contributed by atoms with Crippen LogP contribution < -0.4 is 15.9 Å². The van der Waals surface area contributed by atoms with Crippen molar-refractivity contribution in [3.63, 3.8) is 0 Å². The third kappa shape index (κ3) is 14.4. The molecule has 0 atom stereocenters. The number of aryl methyl sites for hydroxylation is 2. The molecule has 0 unspecified atom stereocenters. The Morgan fingerprint density at radius 2 is 1.90 bits per heavy atom. The van der Waals surface area contributed by atoms with E-state index in [0.717, 1.165) is 36.2 Å². The number of amides is 2. The van der Waals surface area contributed by atoms with Crippen LogP contribution in [-0.4, -0.2) is 43.2 Å². The summed E-state index contributed by atoms with van der Waals surface area (Å²) in [6.45, 7) is 0. The molecule has 3 aromatic rings. The number of unbranched alkanes of at least 4 members (excludes halogenated alkanes) is 1. The molecular formula is C24H27F3FeN8O3S. The van der Waals surface area contributed by atoms with Crippen LogP contribution in [0.3, 0.4) is 0 Å². The molecule has 0 bridgehead atoms. The fourth-order valence-corrected chi connectivity index (χ4v) is 3.32. The number of nitrogens with two attached hydrogens (primary N) is 1. The van der Waals surface area contributed by atoms with Crippen LogP contribution in [0, 0.1) is 0 Å². The minimum absolute atomic E-state index is 0. The zero-order valence-corrected chi connectivity index (χ0v) is 23.2. The summed E-state index contributed by atoms with van der Waals surface area (Å²) in [6.07, 6.45) is 1.56. The molecule has 0 saturated carbocycles. The number of rotatable bonds is 11. The normalized spacial score (nSPS) is 11.1. The van der Waals surface area contributed by atoms with Gasteiger partial charge in [0.05, 0.1) is 24.2 Å². The summed E-state index contributed by atoms with van der Waals surface area (Å²) in [5.41, 5.74) is 8.57. The van der Waals surface area contributed by atoms with Gasteiger partial charge >= 0.3 is 23.4 Å². The smallest absolute Gasteiger partial charge is 0.763 e. The van der Waals surface area contributed by atoms with E-state index in [9.17, 15) is 22.8 Å². The molecule has 0 saturated heterocycles. The molecule has 2 heterocycles. The second-order valence-corrected chi connectivity index (χ2v) is 8.65. The van der Waals surface area contributed by atoms with Crippen molar-refractivity contribution in [3.05, 3.63) is 71.3 Å². The van der Waals surface area contributed by atoms with Gasteiger partial charge in [-0.1, -0.05) is 17.2 Å². The van der Waals surface area contributed by atoms with Gasteiger partial charge in [-0.05, 0) is 61.1 Å². The Morgan fingerprint density at radius 3 is 2.48 bits per heavy atom. The van der Waals surface area contributed by atoms with Crippen molar-refractivity contribution in [2.24, 2.45) is 18.0 Å². The predicted octanol–water partition coefficient (Wildman–Crippen LogP) is 3.63. The van der Waals surface area contributed by atoms with E-state index < -0.39 is 18.2 Å². The van der Waals surface area contributed by atoms with E-state index in [1.165, 1.54) is 12.1 Å². The molecule has 40 heavy (non-hydrogen) atoms. The number of carbonyl (C=O) groups is 2. The first kappa shape index (κ1) is 34.3. The quantitative estimate of drug-likeness (QED) is 0.0625. The van der Waals surface area contributed by atoms with Gasteiger partial charge in [0, 0.05) is 19.7 Å². The second-order valence-electron chi connectivity index (χ2n) is 8.18. The molecule has 3 rings (SSSR count). The molecule has 0 spiro atoms. The van der Waals surface area contributed by atoms with Crippen molar-refractivity contribution in [2.75, 3.05) is 5.32 Å². The van der Waals surface area contributed by atoms with Gasteiger partial charge in [0.2, 0.25) is 5.91 Å². The van der Waals surface area contributed by atoms with Crippen LogP contribution in [0.2, 0.25) is 0 Å². The van der Waals surface area contributed by atoms with Gasteiger partial charge in [-0.3, -0.25) is 9.48 Å². The van der Waals surface area contributed by atoms with Gasteiger partial charge in [-0.15, -0.1) is 18.3 Å². The minimum atomic E-state index is -4.79. The maximum atomic E-state index is 12.3. The van der Waals surface area contributed by atoms with E-state index >= 15 is 0 Å². The molecule has 11 nitrogen and oxygen atoms in total. The number of ether oxygens (including phenoxy) is 1. The van der Waals surface area contributed by atoms with Crippen LogP contribution >= 0.6 is 0 Å². The van der Waals surface area contributed by atoms with Gasteiger partial charge in [-0.25, -0.2) is 5.10 Å². The molecule has 0 fully saturated rings. The number of hydrazone groups is 1. The van der Waals surface area contributed by atoms with Crippen LogP contribution in [0.1, 0.15) is 36.1 Å². The minimum Gasteiger partial charge on any atom is -0.763 e. The number of alkyl halides is 3. The van der Waals surface area contributed by atoms with E-state index in [1.807, 2.05) is 0 Å².